The van der Waals surface area contributed by atoms with Crippen LogP contribution in [0.5, 0.6) is 0 Å². The third-order valence-corrected chi connectivity index (χ3v) is 7.24. The number of benzene rings is 3. The highest BCUT2D eigenvalue weighted by molar-refractivity contribution is 7.93. The maximum Gasteiger partial charge on any atom is 0.265 e. The fourth-order valence-electron chi connectivity index (χ4n) is 4.27. The third kappa shape index (κ3) is 2.23. The van der Waals surface area contributed by atoms with Gasteiger partial charge in [-0.2, -0.15) is 0 Å². The minimum atomic E-state index is -3.73. The van der Waals surface area contributed by atoms with E-state index in [2.05, 4.69) is 0 Å². The molecule has 5 nitrogen and oxygen atoms in total. The number of hydrogen-bond acceptors (Lipinski definition) is 3. The van der Waals surface area contributed by atoms with E-state index in [4.69, 9.17) is 0 Å². The van der Waals surface area contributed by atoms with Crippen LogP contribution in [0.2, 0.25) is 0 Å². The summed E-state index contributed by atoms with van der Waals surface area (Å²) in [4.78, 5) is 15.2. The molecule has 0 saturated carbocycles. The Hall–Kier alpha value is -2.86. The molecule has 0 fully saturated rings. The van der Waals surface area contributed by atoms with Crippen LogP contribution in [0.15, 0.2) is 65.6 Å². The van der Waals surface area contributed by atoms with Gasteiger partial charge in [-0.15, -0.1) is 0 Å². The van der Waals surface area contributed by atoms with Crippen LogP contribution in [-0.2, 0) is 21.2 Å². The molecule has 6 heteroatoms. The molecule has 0 N–H and O–H groups in total. The average molecular weight is 378 g/mol. The molecule has 1 amide bonds. The van der Waals surface area contributed by atoms with Gasteiger partial charge >= 0.3 is 0 Å². The first-order chi connectivity index (χ1) is 13.0. The smallest absolute Gasteiger partial charge is 0.265 e. The van der Waals surface area contributed by atoms with Crippen molar-refractivity contribution in [3.8, 4) is 0 Å². The predicted octanol–water partition coefficient (Wildman–Crippen LogP) is 3.33. The normalized spacial score (nSPS) is 19.5. The SMILES string of the molecule is C[C@H]1Cc2ccccc2N1C(=O)CN1c2cccc3cccc(c23)S1(=O)=O. The summed E-state index contributed by atoms with van der Waals surface area (Å²) in [5, 5.41) is 1.56. The van der Waals surface area contributed by atoms with E-state index < -0.39 is 10.0 Å². The molecule has 2 heterocycles. The molecule has 1 atom stereocenters. The van der Waals surface area contributed by atoms with Crippen LogP contribution in [0.4, 0.5) is 11.4 Å². The Balaban J connectivity index is 1.56. The Bertz CT molecular complexity index is 1200. The lowest BCUT2D eigenvalue weighted by Crippen LogP contribution is -2.44. The second-order valence-electron chi connectivity index (χ2n) is 7.09. The van der Waals surface area contributed by atoms with E-state index in [-0.39, 0.29) is 23.4 Å². The van der Waals surface area contributed by atoms with Gasteiger partial charge in [-0.1, -0.05) is 42.5 Å². The lowest BCUT2D eigenvalue weighted by Gasteiger charge is -2.26. The molecule has 0 spiro atoms. The molecule has 3 aromatic rings. The zero-order chi connectivity index (χ0) is 18.8. The van der Waals surface area contributed by atoms with E-state index in [1.165, 1.54) is 4.31 Å². The summed E-state index contributed by atoms with van der Waals surface area (Å²) < 4.78 is 27.4. The number of amides is 1. The molecule has 27 heavy (non-hydrogen) atoms. The van der Waals surface area contributed by atoms with Gasteiger partial charge in [-0.25, -0.2) is 8.42 Å². The molecule has 0 aliphatic carbocycles. The number of hydrogen-bond donors (Lipinski definition) is 0. The second-order valence-corrected chi connectivity index (χ2v) is 8.92. The molecular weight excluding hydrogens is 360 g/mol. The van der Waals surface area contributed by atoms with Crippen LogP contribution >= 0.6 is 0 Å². The Morgan fingerprint density at radius 1 is 1.00 bits per heavy atom. The summed E-state index contributed by atoms with van der Waals surface area (Å²) >= 11 is 0. The molecule has 0 aromatic heterocycles. The summed E-state index contributed by atoms with van der Waals surface area (Å²) in [7, 11) is -3.73. The van der Waals surface area contributed by atoms with Gasteiger partial charge in [0.25, 0.3) is 10.0 Å². The molecule has 2 aliphatic rings. The van der Waals surface area contributed by atoms with Crippen LogP contribution < -0.4 is 9.21 Å². The van der Waals surface area contributed by atoms with Crippen LogP contribution in [-0.4, -0.2) is 26.9 Å². The van der Waals surface area contributed by atoms with E-state index in [1.807, 2.05) is 49.4 Å². The number of rotatable bonds is 2. The molecule has 0 bridgehead atoms. The van der Waals surface area contributed by atoms with Crippen molar-refractivity contribution in [3.63, 3.8) is 0 Å². The third-order valence-electron chi connectivity index (χ3n) is 5.44. The highest BCUT2D eigenvalue weighted by Gasteiger charge is 2.39. The Morgan fingerprint density at radius 3 is 2.52 bits per heavy atom. The summed E-state index contributed by atoms with van der Waals surface area (Å²) in [5.41, 5.74) is 2.58. The van der Waals surface area contributed by atoms with Gasteiger partial charge in [-0.3, -0.25) is 9.10 Å². The zero-order valence-corrected chi connectivity index (χ0v) is 15.6. The number of carbonyl (C=O) groups excluding carboxylic acids is 1. The lowest BCUT2D eigenvalue weighted by atomic mass is 10.1. The molecule has 3 aromatic carbocycles. The van der Waals surface area contributed by atoms with Crippen LogP contribution in [0.25, 0.3) is 10.8 Å². The average Bonchev–Trinajstić information content (AvgIpc) is 3.10. The van der Waals surface area contributed by atoms with Crippen molar-refractivity contribution in [1.82, 2.24) is 0 Å². The highest BCUT2D eigenvalue weighted by Crippen LogP contribution is 2.42. The quantitative estimate of drug-likeness (QED) is 0.687. The number of sulfonamides is 1. The van der Waals surface area contributed by atoms with E-state index in [1.54, 1.807) is 23.1 Å². The van der Waals surface area contributed by atoms with Crippen LogP contribution in [0, 0.1) is 0 Å². The van der Waals surface area contributed by atoms with Gasteiger partial charge in [0, 0.05) is 17.1 Å². The van der Waals surface area contributed by atoms with Crippen molar-refractivity contribution in [2.45, 2.75) is 24.3 Å². The summed E-state index contributed by atoms with van der Waals surface area (Å²) in [6, 6.07) is 18.5. The topological polar surface area (TPSA) is 57.7 Å². The van der Waals surface area contributed by atoms with Gasteiger partial charge < -0.3 is 4.90 Å². The number of para-hydroxylation sites is 1. The Kier molecular flexibility index (Phi) is 3.37. The van der Waals surface area contributed by atoms with Gasteiger partial charge in [0.15, 0.2) is 0 Å². The predicted molar refractivity (Wildman–Crippen MR) is 106 cm³/mol. The first-order valence-corrected chi connectivity index (χ1v) is 10.4. The van der Waals surface area contributed by atoms with E-state index in [0.29, 0.717) is 11.1 Å². The van der Waals surface area contributed by atoms with Crippen LogP contribution in [0.3, 0.4) is 0 Å². The van der Waals surface area contributed by atoms with E-state index in [9.17, 15) is 13.2 Å². The number of fused-ring (bicyclic) bond motifs is 1. The van der Waals surface area contributed by atoms with Crippen molar-refractivity contribution in [2.75, 3.05) is 15.7 Å². The number of nitrogens with zero attached hydrogens (tertiary/aromatic N) is 2. The van der Waals surface area contributed by atoms with Crippen molar-refractivity contribution >= 4 is 38.1 Å². The maximum atomic E-state index is 13.2. The Labute approximate surface area is 157 Å². The van der Waals surface area contributed by atoms with E-state index >= 15 is 0 Å². The molecule has 0 radical (unpaired) electrons. The molecule has 0 saturated heterocycles. The first kappa shape index (κ1) is 16.3. The lowest BCUT2D eigenvalue weighted by molar-refractivity contribution is -0.117. The minimum absolute atomic E-state index is 0.0124. The second kappa shape index (κ2) is 5.57. The molecular formula is C21H18N2O3S. The largest absolute Gasteiger partial charge is 0.307 e. The van der Waals surface area contributed by atoms with Gasteiger partial charge in [0.05, 0.1) is 10.6 Å². The zero-order valence-electron chi connectivity index (χ0n) is 14.8. The van der Waals surface area contributed by atoms with Gasteiger partial charge in [0.2, 0.25) is 5.91 Å². The van der Waals surface area contributed by atoms with Crippen molar-refractivity contribution in [2.24, 2.45) is 0 Å². The number of carbonyl (C=O) groups is 1. The fraction of sp³-hybridized carbons (Fsp3) is 0.190. The van der Waals surface area contributed by atoms with Gasteiger partial charge in [-0.05, 0) is 42.5 Å². The summed E-state index contributed by atoms with van der Waals surface area (Å²) in [6.07, 6.45) is 0.782. The summed E-state index contributed by atoms with van der Waals surface area (Å²) in [5.74, 6) is -0.208. The molecule has 0 unspecified atom stereocenters. The van der Waals surface area contributed by atoms with E-state index in [0.717, 1.165) is 23.1 Å². The monoisotopic (exact) mass is 378 g/mol. The fourth-order valence-corrected chi connectivity index (χ4v) is 5.93. The maximum absolute atomic E-state index is 13.2. The van der Waals surface area contributed by atoms with Crippen LogP contribution in [0.1, 0.15) is 12.5 Å². The molecule has 136 valence electrons. The molecule has 2 aliphatic heterocycles. The number of anilines is 2. The van der Waals surface area contributed by atoms with Crippen molar-refractivity contribution in [3.05, 3.63) is 66.2 Å². The Morgan fingerprint density at radius 2 is 1.70 bits per heavy atom. The van der Waals surface area contributed by atoms with Crippen molar-refractivity contribution in [1.29, 1.82) is 0 Å². The van der Waals surface area contributed by atoms with Gasteiger partial charge in [0.1, 0.15) is 6.54 Å². The van der Waals surface area contributed by atoms with Crippen molar-refractivity contribution < 1.29 is 13.2 Å². The minimum Gasteiger partial charge on any atom is -0.307 e. The first-order valence-electron chi connectivity index (χ1n) is 8.93. The standard InChI is InChI=1S/C21H18N2O3S/c1-14-12-16-6-2-3-9-17(16)23(14)20(24)13-22-18-10-4-7-15-8-5-11-19(21(15)18)27(22,25)26/h2-11,14H,12-13H2,1H3/t14-/m0/s1. The summed E-state index contributed by atoms with van der Waals surface area (Å²) in [6.45, 7) is 1.79. The molecule has 5 rings (SSSR count). The highest BCUT2D eigenvalue weighted by atomic mass is 32.2.